The van der Waals surface area contributed by atoms with Crippen LogP contribution in [0.2, 0.25) is 5.02 Å². The zero-order valence-corrected chi connectivity index (χ0v) is 10.3. The molecule has 6 heteroatoms. The van der Waals surface area contributed by atoms with Crippen molar-refractivity contribution in [2.24, 2.45) is 0 Å². The highest BCUT2D eigenvalue weighted by molar-refractivity contribution is 7.99. The van der Waals surface area contributed by atoms with Gasteiger partial charge in [-0.1, -0.05) is 29.4 Å². The maximum Gasteiger partial charge on any atom is 0.490 e. The number of rotatable bonds is 3. The fourth-order valence-electron chi connectivity index (χ4n) is 1.23. The molecule has 0 saturated heterocycles. The Balaban J connectivity index is 2.11. The second-order valence-electron chi connectivity index (χ2n) is 3.36. The van der Waals surface area contributed by atoms with Gasteiger partial charge in [-0.2, -0.15) is 0 Å². The molecule has 0 aliphatic heterocycles. The van der Waals surface area contributed by atoms with Crippen molar-refractivity contribution in [2.75, 3.05) is 0 Å². The van der Waals surface area contributed by atoms with Crippen LogP contribution in [0.4, 0.5) is 0 Å². The standard InChI is InChI=1S/C11H9BClNO2S/c13-9-2-4-10(5-3-9)17-11-6-1-8(7-14-11)12(15)16/h1-7,15-16H. The number of hydrogen-bond acceptors (Lipinski definition) is 4. The molecule has 2 rings (SSSR count). The van der Waals surface area contributed by atoms with Gasteiger partial charge in [0, 0.05) is 21.6 Å². The lowest BCUT2D eigenvalue weighted by atomic mass is 9.82. The Morgan fingerprint density at radius 1 is 1.06 bits per heavy atom. The number of pyridine rings is 1. The van der Waals surface area contributed by atoms with E-state index in [1.807, 2.05) is 24.3 Å². The first-order valence-electron chi connectivity index (χ1n) is 4.90. The van der Waals surface area contributed by atoms with Crippen LogP contribution in [-0.2, 0) is 0 Å². The largest absolute Gasteiger partial charge is 0.490 e. The van der Waals surface area contributed by atoms with Crippen LogP contribution >= 0.6 is 23.4 Å². The summed E-state index contributed by atoms with van der Waals surface area (Å²) in [6, 6.07) is 10.8. The van der Waals surface area contributed by atoms with Crippen LogP contribution in [0.25, 0.3) is 0 Å². The molecule has 0 atom stereocenters. The van der Waals surface area contributed by atoms with E-state index in [2.05, 4.69) is 4.98 Å². The summed E-state index contributed by atoms with van der Waals surface area (Å²) in [6.45, 7) is 0. The summed E-state index contributed by atoms with van der Waals surface area (Å²) >= 11 is 7.27. The monoisotopic (exact) mass is 265 g/mol. The molecule has 86 valence electrons. The van der Waals surface area contributed by atoms with Crippen LogP contribution in [0.1, 0.15) is 0 Å². The predicted molar refractivity (Wildman–Crippen MR) is 69.6 cm³/mol. The molecule has 1 heterocycles. The van der Waals surface area contributed by atoms with Gasteiger partial charge in [0.1, 0.15) is 5.03 Å². The van der Waals surface area contributed by atoms with Crippen molar-refractivity contribution in [3.05, 3.63) is 47.6 Å². The molecule has 0 amide bonds. The second kappa shape index (κ2) is 5.55. The molecule has 17 heavy (non-hydrogen) atoms. The number of benzene rings is 1. The molecule has 3 nitrogen and oxygen atoms in total. The zero-order chi connectivity index (χ0) is 12.3. The van der Waals surface area contributed by atoms with Gasteiger partial charge in [0.05, 0.1) is 0 Å². The fraction of sp³-hybridized carbons (Fsp3) is 0. The molecule has 0 unspecified atom stereocenters. The molecular weight excluding hydrogens is 256 g/mol. The quantitative estimate of drug-likeness (QED) is 0.827. The minimum Gasteiger partial charge on any atom is -0.423 e. The first-order valence-corrected chi connectivity index (χ1v) is 6.10. The van der Waals surface area contributed by atoms with Crippen LogP contribution in [0.15, 0.2) is 52.5 Å². The number of nitrogens with zero attached hydrogens (tertiary/aromatic N) is 1. The highest BCUT2D eigenvalue weighted by Gasteiger charge is 2.10. The Morgan fingerprint density at radius 2 is 1.76 bits per heavy atom. The van der Waals surface area contributed by atoms with E-state index >= 15 is 0 Å². The molecule has 0 bridgehead atoms. The van der Waals surface area contributed by atoms with Crippen molar-refractivity contribution >= 4 is 35.9 Å². The Kier molecular flexibility index (Phi) is 4.07. The maximum absolute atomic E-state index is 8.93. The molecule has 2 aromatic rings. The molecule has 2 N–H and O–H groups in total. The summed E-state index contributed by atoms with van der Waals surface area (Å²) < 4.78 is 0. The van der Waals surface area contributed by atoms with E-state index < -0.39 is 7.12 Å². The van der Waals surface area contributed by atoms with Gasteiger partial charge in [-0.05, 0) is 30.3 Å². The SMILES string of the molecule is OB(O)c1ccc(Sc2ccc(Cl)cc2)nc1. The third-order valence-electron chi connectivity index (χ3n) is 2.09. The van der Waals surface area contributed by atoms with Crippen molar-refractivity contribution in [1.29, 1.82) is 0 Å². The van der Waals surface area contributed by atoms with Crippen molar-refractivity contribution in [3.63, 3.8) is 0 Å². The maximum atomic E-state index is 8.93. The normalized spacial score (nSPS) is 10.3. The zero-order valence-electron chi connectivity index (χ0n) is 8.75. The van der Waals surface area contributed by atoms with E-state index in [1.54, 1.807) is 12.1 Å². The number of hydrogen-bond donors (Lipinski definition) is 2. The van der Waals surface area contributed by atoms with Crippen LogP contribution < -0.4 is 5.46 Å². The minimum absolute atomic E-state index is 0.380. The van der Waals surface area contributed by atoms with Gasteiger partial charge < -0.3 is 10.0 Å². The summed E-state index contributed by atoms with van der Waals surface area (Å²) in [5.74, 6) is 0. The molecule has 1 aromatic carbocycles. The smallest absolute Gasteiger partial charge is 0.423 e. The van der Waals surface area contributed by atoms with Crippen molar-refractivity contribution in [1.82, 2.24) is 4.98 Å². The lowest BCUT2D eigenvalue weighted by Crippen LogP contribution is -2.29. The van der Waals surface area contributed by atoms with Gasteiger partial charge in [-0.15, -0.1) is 0 Å². The number of aromatic nitrogens is 1. The Bertz CT molecular complexity index is 490. The van der Waals surface area contributed by atoms with Crippen LogP contribution in [0.5, 0.6) is 0 Å². The highest BCUT2D eigenvalue weighted by atomic mass is 35.5. The van der Waals surface area contributed by atoms with Gasteiger partial charge in [-0.3, -0.25) is 0 Å². The third kappa shape index (κ3) is 3.47. The average molecular weight is 266 g/mol. The Labute approximate surface area is 109 Å². The van der Waals surface area contributed by atoms with Gasteiger partial charge in [0.15, 0.2) is 0 Å². The van der Waals surface area contributed by atoms with E-state index in [0.717, 1.165) is 9.92 Å². The van der Waals surface area contributed by atoms with Crippen molar-refractivity contribution in [2.45, 2.75) is 9.92 Å². The molecule has 0 fully saturated rings. The molecule has 0 saturated carbocycles. The van der Waals surface area contributed by atoms with E-state index in [-0.39, 0.29) is 0 Å². The second-order valence-corrected chi connectivity index (χ2v) is 4.89. The van der Waals surface area contributed by atoms with Gasteiger partial charge >= 0.3 is 7.12 Å². The lowest BCUT2D eigenvalue weighted by molar-refractivity contribution is 0.425. The number of halogens is 1. The van der Waals surface area contributed by atoms with E-state index in [0.29, 0.717) is 10.5 Å². The van der Waals surface area contributed by atoms with Crippen molar-refractivity contribution in [3.8, 4) is 0 Å². The lowest BCUT2D eigenvalue weighted by Gasteiger charge is -2.02. The molecule has 1 aromatic heterocycles. The predicted octanol–water partition coefficient (Wildman–Crippen LogP) is 1.57. The van der Waals surface area contributed by atoms with E-state index in [9.17, 15) is 0 Å². The van der Waals surface area contributed by atoms with Gasteiger partial charge in [0.25, 0.3) is 0 Å². The van der Waals surface area contributed by atoms with Gasteiger partial charge in [-0.25, -0.2) is 4.98 Å². The van der Waals surface area contributed by atoms with Gasteiger partial charge in [0.2, 0.25) is 0 Å². The highest BCUT2D eigenvalue weighted by Crippen LogP contribution is 2.26. The van der Waals surface area contributed by atoms with Crippen LogP contribution in [-0.4, -0.2) is 22.2 Å². The van der Waals surface area contributed by atoms with E-state index in [1.165, 1.54) is 18.0 Å². The molecular formula is C11H9BClNO2S. The summed E-state index contributed by atoms with van der Waals surface area (Å²) in [7, 11) is -1.47. The Morgan fingerprint density at radius 3 is 2.29 bits per heavy atom. The molecule has 0 aliphatic carbocycles. The third-order valence-corrected chi connectivity index (χ3v) is 3.30. The first-order chi connectivity index (χ1) is 8.15. The van der Waals surface area contributed by atoms with E-state index in [4.69, 9.17) is 21.6 Å². The Hall–Kier alpha value is -1.01. The topological polar surface area (TPSA) is 53.4 Å². The minimum atomic E-state index is -1.47. The summed E-state index contributed by atoms with van der Waals surface area (Å²) in [5, 5.41) is 19.3. The average Bonchev–Trinajstić information content (AvgIpc) is 2.33. The summed E-state index contributed by atoms with van der Waals surface area (Å²) in [5.41, 5.74) is 0.380. The summed E-state index contributed by atoms with van der Waals surface area (Å²) in [4.78, 5) is 5.15. The fourth-order valence-corrected chi connectivity index (χ4v) is 2.11. The van der Waals surface area contributed by atoms with Crippen LogP contribution in [0, 0.1) is 0 Å². The molecule has 0 aliphatic rings. The van der Waals surface area contributed by atoms with Crippen LogP contribution in [0.3, 0.4) is 0 Å². The van der Waals surface area contributed by atoms with Crippen molar-refractivity contribution < 1.29 is 10.0 Å². The molecule has 0 spiro atoms. The summed E-state index contributed by atoms with van der Waals surface area (Å²) in [6.07, 6.45) is 1.45. The first kappa shape index (κ1) is 12.5. The molecule has 0 radical (unpaired) electrons.